The molecule has 0 bridgehead atoms. The molecule has 0 saturated carbocycles. The maximum absolute atomic E-state index is 13.7. The molecule has 4 N–H and O–H groups in total. The highest BCUT2D eigenvalue weighted by Crippen LogP contribution is 2.31. The number of carbonyl (C=O) groups excluding carboxylic acids is 4. The van der Waals surface area contributed by atoms with Gasteiger partial charge < -0.3 is 35.3 Å². The fourth-order valence-corrected chi connectivity index (χ4v) is 5.15. The summed E-state index contributed by atoms with van der Waals surface area (Å²) < 4.78 is 15.9. The Balaban J connectivity index is 1.48. The highest BCUT2D eigenvalue weighted by Gasteiger charge is 2.50. The van der Waals surface area contributed by atoms with Crippen LogP contribution in [0.1, 0.15) is 51.2 Å². The van der Waals surface area contributed by atoms with Crippen molar-refractivity contribution in [3.63, 3.8) is 0 Å². The van der Waals surface area contributed by atoms with Crippen LogP contribution in [0.4, 0.5) is 0 Å². The number of ketones is 1. The number of aliphatic hydroxyl groups excluding tert-OH is 1. The highest BCUT2D eigenvalue weighted by molar-refractivity contribution is 5.98. The van der Waals surface area contributed by atoms with Gasteiger partial charge in [-0.25, -0.2) is 0 Å². The van der Waals surface area contributed by atoms with Crippen molar-refractivity contribution in [1.29, 1.82) is 0 Å². The van der Waals surface area contributed by atoms with Crippen molar-refractivity contribution < 1.29 is 38.5 Å². The molecule has 1 aromatic rings. The standard InChI is InChI=1S/C30H42N4O8/c1-19(31-24(35)17-34-12-14-41-15-13-34)28(38)33-25(26(36)21-8-10-22(40-3)11-9-21)29(39)32-23(16-20-6-4-5-7-20)27(37)30(2)18-42-30/h6,8-11,19,23,25-26,36H,4-5,7,12-18H2,1-3H3,(H,31,35)(H,32,39)(H,33,38)/t19-,23-,25-,26+,30-/m0/s1. The number of amides is 3. The Morgan fingerprint density at radius 1 is 1.07 bits per heavy atom. The van der Waals surface area contributed by atoms with E-state index in [4.69, 9.17) is 14.2 Å². The summed E-state index contributed by atoms with van der Waals surface area (Å²) in [5, 5.41) is 19.4. The molecule has 0 radical (unpaired) electrons. The number of hydrogen-bond acceptors (Lipinski definition) is 9. The van der Waals surface area contributed by atoms with Gasteiger partial charge in [0.05, 0.1) is 39.5 Å². The van der Waals surface area contributed by atoms with Crippen LogP contribution in [0.25, 0.3) is 0 Å². The van der Waals surface area contributed by atoms with Crippen LogP contribution in [0, 0.1) is 0 Å². The van der Waals surface area contributed by atoms with Gasteiger partial charge in [-0.1, -0.05) is 23.8 Å². The molecule has 1 aromatic carbocycles. The third kappa shape index (κ3) is 8.37. The van der Waals surface area contributed by atoms with E-state index in [-0.39, 0.29) is 24.8 Å². The summed E-state index contributed by atoms with van der Waals surface area (Å²) in [6.07, 6.45) is 3.70. The fraction of sp³-hybridized carbons (Fsp3) is 0.600. The number of benzene rings is 1. The zero-order valence-corrected chi connectivity index (χ0v) is 24.5. The molecule has 42 heavy (non-hydrogen) atoms. The second-order valence-electron chi connectivity index (χ2n) is 11.3. The first-order valence-electron chi connectivity index (χ1n) is 14.5. The largest absolute Gasteiger partial charge is 0.497 e. The van der Waals surface area contributed by atoms with Crippen molar-refractivity contribution in [2.75, 3.05) is 46.6 Å². The molecular weight excluding hydrogens is 544 g/mol. The van der Waals surface area contributed by atoms with Gasteiger partial charge >= 0.3 is 0 Å². The van der Waals surface area contributed by atoms with Crippen LogP contribution < -0.4 is 20.7 Å². The van der Waals surface area contributed by atoms with Crippen molar-refractivity contribution in [3.05, 3.63) is 41.5 Å². The molecule has 3 aliphatic rings. The van der Waals surface area contributed by atoms with Gasteiger partial charge in [0, 0.05) is 13.1 Å². The number of morpholine rings is 1. The van der Waals surface area contributed by atoms with Crippen molar-refractivity contribution in [3.8, 4) is 5.75 Å². The summed E-state index contributed by atoms with van der Waals surface area (Å²) in [5.41, 5.74) is 0.467. The SMILES string of the molecule is COc1ccc([C@@H](O)[C@H](NC(=O)[C@H](C)NC(=O)CN2CCOCC2)C(=O)N[C@@H](CC2=CCCC2)C(=O)[C@]2(C)CO2)cc1. The van der Waals surface area contributed by atoms with E-state index in [0.29, 0.717) is 44.0 Å². The number of nitrogens with one attached hydrogen (secondary N) is 3. The topological polar surface area (TPSA) is 159 Å². The number of ether oxygens (including phenoxy) is 3. The van der Waals surface area contributed by atoms with E-state index < -0.39 is 41.6 Å². The Morgan fingerprint density at radius 2 is 1.76 bits per heavy atom. The molecule has 2 saturated heterocycles. The lowest BCUT2D eigenvalue weighted by Gasteiger charge is -2.29. The van der Waals surface area contributed by atoms with Crippen LogP contribution >= 0.6 is 0 Å². The zero-order valence-electron chi connectivity index (χ0n) is 24.5. The number of carbonyl (C=O) groups is 4. The molecule has 1 aliphatic carbocycles. The van der Waals surface area contributed by atoms with E-state index in [0.717, 1.165) is 24.8 Å². The number of rotatable bonds is 14. The van der Waals surface area contributed by atoms with Crippen LogP contribution in [0.2, 0.25) is 0 Å². The summed E-state index contributed by atoms with van der Waals surface area (Å²) in [6.45, 7) is 5.88. The van der Waals surface area contributed by atoms with Crippen molar-refractivity contribution in [2.45, 2.75) is 69.4 Å². The molecule has 2 fully saturated rings. The van der Waals surface area contributed by atoms with E-state index in [1.54, 1.807) is 31.2 Å². The van der Waals surface area contributed by atoms with E-state index >= 15 is 0 Å². The average molecular weight is 587 g/mol. The molecule has 4 rings (SSSR count). The normalized spacial score (nSPS) is 23.1. The lowest BCUT2D eigenvalue weighted by Crippen LogP contribution is -2.58. The number of aliphatic hydroxyl groups is 1. The van der Waals surface area contributed by atoms with Crippen LogP contribution in [-0.2, 0) is 28.7 Å². The second-order valence-corrected chi connectivity index (χ2v) is 11.3. The van der Waals surface area contributed by atoms with Crippen molar-refractivity contribution in [1.82, 2.24) is 20.9 Å². The first-order valence-corrected chi connectivity index (χ1v) is 14.5. The predicted octanol–water partition coefficient (Wildman–Crippen LogP) is 0.394. The fourth-order valence-electron chi connectivity index (χ4n) is 5.15. The molecular formula is C30H42N4O8. The molecule has 0 aromatic heterocycles. The van der Waals surface area contributed by atoms with Crippen LogP contribution in [-0.4, -0.2) is 104 Å². The Labute approximate surface area is 246 Å². The van der Waals surface area contributed by atoms with Gasteiger partial charge in [-0.3, -0.25) is 24.1 Å². The van der Waals surface area contributed by atoms with Crippen molar-refractivity contribution in [2.24, 2.45) is 0 Å². The minimum atomic E-state index is -1.45. The average Bonchev–Trinajstić information content (AvgIpc) is 3.53. The Bertz CT molecular complexity index is 1160. The summed E-state index contributed by atoms with van der Waals surface area (Å²) in [6, 6.07) is 3.12. The van der Waals surface area contributed by atoms with Crippen molar-refractivity contribution >= 4 is 23.5 Å². The van der Waals surface area contributed by atoms with Crippen LogP contribution in [0.5, 0.6) is 5.75 Å². The Morgan fingerprint density at radius 3 is 2.36 bits per heavy atom. The number of epoxide rings is 1. The maximum Gasteiger partial charge on any atom is 0.246 e. The lowest BCUT2D eigenvalue weighted by atomic mass is 9.93. The van der Waals surface area contributed by atoms with Crippen LogP contribution in [0.15, 0.2) is 35.9 Å². The van der Waals surface area contributed by atoms with Gasteiger partial charge in [0.25, 0.3) is 0 Å². The smallest absolute Gasteiger partial charge is 0.246 e. The monoisotopic (exact) mass is 586 g/mol. The summed E-state index contributed by atoms with van der Waals surface area (Å²) >= 11 is 0. The minimum Gasteiger partial charge on any atom is -0.497 e. The molecule has 230 valence electrons. The van der Waals surface area contributed by atoms with Gasteiger partial charge in [0.15, 0.2) is 5.78 Å². The molecule has 2 heterocycles. The molecule has 12 nitrogen and oxygen atoms in total. The summed E-state index contributed by atoms with van der Waals surface area (Å²) in [7, 11) is 1.51. The lowest BCUT2D eigenvalue weighted by molar-refractivity contribution is -0.136. The van der Waals surface area contributed by atoms with E-state index in [1.807, 2.05) is 4.90 Å². The van der Waals surface area contributed by atoms with E-state index in [9.17, 15) is 24.3 Å². The van der Waals surface area contributed by atoms with E-state index in [2.05, 4.69) is 22.0 Å². The molecule has 3 amide bonds. The van der Waals surface area contributed by atoms with E-state index in [1.165, 1.54) is 14.0 Å². The number of hydrogen-bond donors (Lipinski definition) is 4. The Hall–Kier alpha value is -3.32. The number of Topliss-reactive ketones (excluding diaryl/α,β-unsaturated/α-hetero) is 1. The third-order valence-electron chi connectivity index (χ3n) is 7.93. The quantitative estimate of drug-likeness (QED) is 0.179. The number of allylic oxidation sites excluding steroid dienone is 1. The second kappa shape index (κ2) is 14.2. The summed E-state index contributed by atoms with van der Waals surface area (Å²) in [5.74, 6) is -1.42. The van der Waals surface area contributed by atoms with Gasteiger partial charge in [-0.05, 0) is 57.2 Å². The number of methoxy groups -OCH3 is 1. The van der Waals surface area contributed by atoms with Gasteiger partial charge in [0.2, 0.25) is 17.7 Å². The molecule has 0 unspecified atom stereocenters. The predicted molar refractivity (Wildman–Crippen MR) is 153 cm³/mol. The molecule has 0 spiro atoms. The van der Waals surface area contributed by atoms with Gasteiger partial charge in [0.1, 0.15) is 29.5 Å². The van der Waals surface area contributed by atoms with Gasteiger partial charge in [-0.15, -0.1) is 0 Å². The number of nitrogens with zero attached hydrogens (tertiary/aromatic N) is 1. The Kier molecular flexibility index (Phi) is 10.7. The zero-order chi connectivity index (χ0) is 30.3. The minimum absolute atomic E-state index is 0.111. The first kappa shape index (κ1) is 31.6. The highest BCUT2D eigenvalue weighted by atomic mass is 16.6. The molecule has 5 atom stereocenters. The third-order valence-corrected chi connectivity index (χ3v) is 7.93. The maximum atomic E-state index is 13.7. The van der Waals surface area contributed by atoms with Crippen LogP contribution in [0.3, 0.4) is 0 Å². The first-order chi connectivity index (χ1) is 20.1. The molecule has 12 heteroatoms. The summed E-state index contributed by atoms with van der Waals surface area (Å²) in [4.78, 5) is 54.8. The van der Waals surface area contributed by atoms with Gasteiger partial charge in [-0.2, -0.15) is 0 Å². The molecule has 2 aliphatic heterocycles.